The first kappa shape index (κ1) is 20.5. The Morgan fingerprint density at radius 1 is 1.06 bits per heavy atom. The van der Waals surface area contributed by atoms with E-state index < -0.39 is 0 Å². The fraction of sp³-hybridized carbons (Fsp3) is 0.0400. The maximum Gasteiger partial charge on any atom is 0.255 e. The second-order valence-electron chi connectivity index (χ2n) is 7.15. The SMILES string of the molecule is COc1ccc(C(=O)Nc2ccc(Cl)c(-c3nc4c(ccc5ccccc54)o3)c2)cc1Br. The van der Waals surface area contributed by atoms with Crippen LogP contribution in [0, 0.1) is 0 Å². The molecule has 0 fully saturated rings. The molecule has 0 atom stereocenters. The van der Waals surface area contributed by atoms with E-state index in [1.807, 2.05) is 36.4 Å². The monoisotopic (exact) mass is 506 g/mol. The molecule has 0 saturated carbocycles. The summed E-state index contributed by atoms with van der Waals surface area (Å²) in [5, 5.41) is 5.46. The minimum Gasteiger partial charge on any atom is -0.496 e. The molecule has 0 radical (unpaired) electrons. The van der Waals surface area contributed by atoms with Gasteiger partial charge in [-0.1, -0.05) is 41.9 Å². The van der Waals surface area contributed by atoms with Gasteiger partial charge in [0, 0.05) is 16.6 Å². The van der Waals surface area contributed by atoms with Gasteiger partial charge in [0.1, 0.15) is 11.3 Å². The van der Waals surface area contributed by atoms with Gasteiger partial charge in [0.2, 0.25) is 5.89 Å². The Labute approximate surface area is 197 Å². The summed E-state index contributed by atoms with van der Waals surface area (Å²) in [4.78, 5) is 17.4. The Kier molecular flexibility index (Phi) is 5.33. The Bertz CT molecular complexity index is 1500. The highest BCUT2D eigenvalue weighted by atomic mass is 79.9. The molecule has 5 rings (SSSR count). The Morgan fingerprint density at radius 3 is 2.72 bits per heavy atom. The molecular formula is C25H16BrClN2O3. The van der Waals surface area contributed by atoms with E-state index in [1.165, 1.54) is 0 Å². The number of nitrogens with one attached hydrogen (secondary N) is 1. The molecule has 32 heavy (non-hydrogen) atoms. The van der Waals surface area contributed by atoms with Crippen LogP contribution in [0.4, 0.5) is 5.69 Å². The summed E-state index contributed by atoms with van der Waals surface area (Å²) < 4.78 is 11.9. The number of halogens is 2. The number of hydrogen-bond acceptors (Lipinski definition) is 4. The number of nitrogens with zero attached hydrogens (tertiary/aromatic N) is 1. The van der Waals surface area contributed by atoms with Crippen molar-refractivity contribution in [3.8, 4) is 17.2 Å². The van der Waals surface area contributed by atoms with E-state index in [4.69, 9.17) is 25.7 Å². The van der Waals surface area contributed by atoms with E-state index in [1.54, 1.807) is 43.5 Å². The molecule has 0 unspecified atom stereocenters. The van der Waals surface area contributed by atoms with Gasteiger partial charge < -0.3 is 14.5 Å². The Balaban J connectivity index is 1.49. The minimum absolute atomic E-state index is 0.259. The summed E-state index contributed by atoms with van der Waals surface area (Å²) in [5.41, 5.74) is 3.11. The van der Waals surface area contributed by atoms with E-state index in [9.17, 15) is 4.79 Å². The van der Waals surface area contributed by atoms with Crippen molar-refractivity contribution in [2.45, 2.75) is 0 Å². The van der Waals surface area contributed by atoms with Gasteiger partial charge in [0.15, 0.2) is 5.58 Å². The van der Waals surface area contributed by atoms with Crippen LogP contribution < -0.4 is 10.1 Å². The number of carbonyl (C=O) groups excluding carboxylic acids is 1. The lowest BCUT2D eigenvalue weighted by molar-refractivity contribution is 0.102. The number of amides is 1. The third-order valence-electron chi connectivity index (χ3n) is 5.15. The van der Waals surface area contributed by atoms with Crippen molar-refractivity contribution < 1.29 is 13.9 Å². The first-order valence-corrected chi connectivity index (χ1v) is 10.9. The average molecular weight is 508 g/mol. The molecule has 0 aliphatic carbocycles. The molecule has 0 spiro atoms. The third-order valence-corrected chi connectivity index (χ3v) is 6.10. The average Bonchev–Trinajstić information content (AvgIpc) is 3.25. The van der Waals surface area contributed by atoms with Gasteiger partial charge in [-0.25, -0.2) is 4.98 Å². The number of oxazole rings is 1. The second kappa shape index (κ2) is 8.30. The summed E-state index contributed by atoms with van der Waals surface area (Å²) >= 11 is 9.85. The second-order valence-corrected chi connectivity index (χ2v) is 8.41. The zero-order valence-corrected chi connectivity index (χ0v) is 19.2. The molecule has 1 N–H and O–H groups in total. The predicted molar refractivity (Wildman–Crippen MR) is 131 cm³/mol. The molecule has 4 aromatic carbocycles. The van der Waals surface area contributed by atoms with Gasteiger partial charge in [0.25, 0.3) is 5.91 Å². The number of rotatable bonds is 4. The standard InChI is InChI=1S/C25H16BrClN2O3/c1-31-21-10-7-15(12-19(21)26)24(30)28-16-8-9-20(27)18(13-16)25-29-23-17-5-3-2-4-14(17)6-11-22(23)32-25/h2-13H,1H3,(H,28,30). The van der Waals surface area contributed by atoms with Gasteiger partial charge in [-0.05, 0) is 63.8 Å². The normalized spacial score (nSPS) is 11.1. The van der Waals surface area contributed by atoms with Gasteiger partial charge >= 0.3 is 0 Å². The smallest absolute Gasteiger partial charge is 0.255 e. The molecule has 0 saturated heterocycles. The Morgan fingerprint density at radius 2 is 1.91 bits per heavy atom. The molecule has 1 heterocycles. The largest absolute Gasteiger partial charge is 0.496 e. The third kappa shape index (κ3) is 3.72. The highest BCUT2D eigenvalue weighted by Crippen LogP contribution is 2.34. The number of aromatic nitrogens is 1. The number of benzene rings is 4. The summed E-state index contributed by atoms with van der Waals surface area (Å²) in [6.45, 7) is 0. The summed E-state index contributed by atoms with van der Waals surface area (Å²) in [6.07, 6.45) is 0. The molecule has 7 heteroatoms. The fourth-order valence-corrected chi connectivity index (χ4v) is 4.29. The van der Waals surface area contributed by atoms with Crippen LogP contribution in [0.25, 0.3) is 33.3 Å². The van der Waals surface area contributed by atoms with Crippen molar-refractivity contribution in [1.82, 2.24) is 4.98 Å². The zero-order valence-electron chi connectivity index (χ0n) is 16.9. The highest BCUT2D eigenvalue weighted by Gasteiger charge is 2.16. The van der Waals surface area contributed by atoms with E-state index in [0.29, 0.717) is 43.5 Å². The molecule has 5 nitrogen and oxygen atoms in total. The lowest BCUT2D eigenvalue weighted by Gasteiger charge is -2.09. The molecule has 1 amide bonds. The van der Waals surface area contributed by atoms with Crippen molar-refractivity contribution in [2.75, 3.05) is 12.4 Å². The maximum atomic E-state index is 12.7. The van der Waals surface area contributed by atoms with E-state index in [0.717, 1.165) is 16.3 Å². The topological polar surface area (TPSA) is 64.4 Å². The van der Waals surface area contributed by atoms with Crippen molar-refractivity contribution in [3.63, 3.8) is 0 Å². The maximum absolute atomic E-state index is 12.7. The predicted octanol–water partition coefficient (Wildman–Crippen LogP) is 7.32. The van der Waals surface area contributed by atoms with Crippen molar-refractivity contribution in [1.29, 1.82) is 0 Å². The van der Waals surface area contributed by atoms with Gasteiger partial charge in [-0.15, -0.1) is 0 Å². The van der Waals surface area contributed by atoms with Crippen molar-refractivity contribution >= 4 is 61.0 Å². The zero-order chi connectivity index (χ0) is 22.2. The minimum atomic E-state index is -0.259. The molecule has 0 aliphatic heterocycles. The summed E-state index contributed by atoms with van der Waals surface area (Å²) in [7, 11) is 1.57. The highest BCUT2D eigenvalue weighted by molar-refractivity contribution is 9.10. The van der Waals surface area contributed by atoms with Crippen LogP contribution in [0.1, 0.15) is 10.4 Å². The van der Waals surface area contributed by atoms with Crippen LogP contribution in [0.3, 0.4) is 0 Å². The summed E-state index contributed by atoms with van der Waals surface area (Å²) in [5.74, 6) is 0.786. The number of anilines is 1. The molecule has 5 aromatic rings. The lowest BCUT2D eigenvalue weighted by Crippen LogP contribution is -2.12. The number of methoxy groups -OCH3 is 1. The van der Waals surface area contributed by atoms with Gasteiger partial charge in [-0.3, -0.25) is 4.79 Å². The van der Waals surface area contributed by atoms with Crippen molar-refractivity contribution in [3.05, 3.63) is 87.9 Å². The summed E-state index contributed by atoms with van der Waals surface area (Å²) in [6, 6.07) is 22.2. The van der Waals surface area contributed by atoms with Crippen LogP contribution in [0.2, 0.25) is 5.02 Å². The first-order valence-electron chi connectivity index (χ1n) is 9.76. The quantitative estimate of drug-likeness (QED) is 0.277. The van der Waals surface area contributed by atoms with E-state index in [2.05, 4.69) is 21.2 Å². The lowest BCUT2D eigenvalue weighted by atomic mass is 10.1. The van der Waals surface area contributed by atoms with Crippen LogP contribution >= 0.6 is 27.5 Å². The van der Waals surface area contributed by atoms with E-state index >= 15 is 0 Å². The molecule has 158 valence electrons. The Hall–Kier alpha value is -3.35. The number of hydrogen-bond donors (Lipinski definition) is 1. The van der Waals surface area contributed by atoms with Gasteiger partial charge in [0.05, 0.1) is 22.2 Å². The van der Waals surface area contributed by atoms with E-state index in [-0.39, 0.29) is 5.91 Å². The van der Waals surface area contributed by atoms with Crippen molar-refractivity contribution in [2.24, 2.45) is 0 Å². The molecular weight excluding hydrogens is 492 g/mol. The van der Waals surface area contributed by atoms with Crippen LogP contribution in [-0.4, -0.2) is 18.0 Å². The number of ether oxygens (including phenoxy) is 1. The first-order chi connectivity index (χ1) is 15.5. The number of fused-ring (bicyclic) bond motifs is 3. The van der Waals surface area contributed by atoms with Crippen LogP contribution in [0.15, 0.2) is 81.7 Å². The molecule has 0 bridgehead atoms. The van der Waals surface area contributed by atoms with Crippen LogP contribution in [0.5, 0.6) is 5.75 Å². The van der Waals surface area contributed by atoms with Gasteiger partial charge in [-0.2, -0.15) is 0 Å². The molecule has 0 aliphatic rings. The molecule has 1 aromatic heterocycles. The fourth-order valence-electron chi connectivity index (χ4n) is 3.55. The number of carbonyl (C=O) groups is 1. The van der Waals surface area contributed by atoms with Crippen LogP contribution in [-0.2, 0) is 0 Å².